The molecule has 0 N–H and O–H groups in total. The van der Waals surface area contributed by atoms with Crippen molar-refractivity contribution in [3.05, 3.63) is 29.0 Å². The highest BCUT2D eigenvalue weighted by atomic mass is 32.2. The maximum absolute atomic E-state index is 11.4. The van der Waals surface area contributed by atoms with E-state index >= 15 is 0 Å². The summed E-state index contributed by atoms with van der Waals surface area (Å²) in [6.45, 7) is 8.60. The molecule has 0 bridgehead atoms. The second kappa shape index (κ2) is 7.42. The molecule has 2 heterocycles. The second-order valence-corrected chi connectivity index (χ2v) is 6.30. The molecule has 0 unspecified atom stereocenters. The molecule has 0 saturated heterocycles. The Balaban J connectivity index is 2.20. The van der Waals surface area contributed by atoms with Crippen molar-refractivity contribution < 1.29 is 9.53 Å². The van der Waals surface area contributed by atoms with Crippen molar-refractivity contribution in [3.63, 3.8) is 0 Å². The summed E-state index contributed by atoms with van der Waals surface area (Å²) in [6, 6.07) is 2.08. The van der Waals surface area contributed by atoms with Crippen molar-refractivity contribution in [1.29, 1.82) is 0 Å². The number of hydrogen-bond acceptors (Lipinski definition) is 6. The van der Waals surface area contributed by atoms with Crippen molar-refractivity contribution in [2.45, 2.75) is 25.5 Å². The van der Waals surface area contributed by atoms with Crippen LogP contribution in [0.1, 0.15) is 11.8 Å². The normalized spacial score (nSPS) is 10.6. The first kappa shape index (κ1) is 15.8. The van der Waals surface area contributed by atoms with E-state index < -0.39 is 0 Å². The van der Waals surface area contributed by atoms with E-state index in [2.05, 4.69) is 35.1 Å². The standard InChI is InChI=1S/C14H17N3O2S2/c1-4-6-17-13(11-7-10(3)20-8-11)15-16-14(17)21-9-12(18)19-5-2/h4,7-8H,1,5-6,9H2,2-3H3. The molecule has 7 heteroatoms. The minimum Gasteiger partial charge on any atom is -0.465 e. The summed E-state index contributed by atoms with van der Waals surface area (Å²) in [7, 11) is 0. The fraction of sp³-hybridized carbons (Fsp3) is 0.357. The third kappa shape index (κ3) is 3.95. The van der Waals surface area contributed by atoms with Gasteiger partial charge in [0.1, 0.15) is 0 Å². The second-order valence-electron chi connectivity index (χ2n) is 4.25. The topological polar surface area (TPSA) is 57.0 Å². The van der Waals surface area contributed by atoms with E-state index in [1.54, 1.807) is 24.3 Å². The van der Waals surface area contributed by atoms with E-state index in [9.17, 15) is 4.79 Å². The van der Waals surface area contributed by atoms with Crippen molar-refractivity contribution in [3.8, 4) is 11.4 Å². The van der Waals surface area contributed by atoms with Crippen LogP contribution in [0.3, 0.4) is 0 Å². The van der Waals surface area contributed by atoms with Gasteiger partial charge in [-0.3, -0.25) is 9.36 Å². The number of thiophene rings is 1. The molecule has 0 atom stereocenters. The van der Waals surface area contributed by atoms with Crippen LogP contribution in [0, 0.1) is 6.92 Å². The van der Waals surface area contributed by atoms with E-state index in [4.69, 9.17) is 4.74 Å². The highest BCUT2D eigenvalue weighted by Crippen LogP contribution is 2.27. The van der Waals surface area contributed by atoms with Crippen molar-refractivity contribution in [1.82, 2.24) is 14.8 Å². The van der Waals surface area contributed by atoms with E-state index in [0.29, 0.717) is 18.3 Å². The number of nitrogens with zero attached hydrogens (tertiary/aromatic N) is 3. The van der Waals surface area contributed by atoms with Gasteiger partial charge in [0.25, 0.3) is 0 Å². The number of hydrogen-bond donors (Lipinski definition) is 0. The predicted octanol–water partition coefficient (Wildman–Crippen LogP) is 3.16. The Labute approximate surface area is 132 Å². The zero-order valence-electron chi connectivity index (χ0n) is 12.0. The molecule has 0 aliphatic heterocycles. The number of carbonyl (C=O) groups excluding carboxylic acids is 1. The molecule has 0 fully saturated rings. The van der Waals surface area contributed by atoms with Crippen molar-refractivity contribution in [2.75, 3.05) is 12.4 Å². The number of allylic oxidation sites excluding steroid dienone is 1. The number of rotatable bonds is 7. The first-order chi connectivity index (χ1) is 10.2. The van der Waals surface area contributed by atoms with Gasteiger partial charge in [-0.05, 0) is 19.9 Å². The smallest absolute Gasteiger partial charge is 0.316 e. The number of esters is 1. The number of carbonyl (C=O) groups is 1. The Kier molecular flexibility index (Phi) is 5.58. The molecule has 0 spiro atoms. The Hall–Kier alpha value is -1.60. The van der Waals surface area contributed by atoms with Gasteiger partial charge in [0.2, 0.25) is 0 Å². The van der Waals surface area contributed by atoms with Crippen molar-refractivity contribution >= 4 is 29.1 Å². The van der Waals surface area contributed by atoms with Gasteiger partial charge >= 0.3 is 5.97 Å². The van der Waals surface area contributed by atoms with Crippen LogP contribution < -0.4 is 0 Å². The average Bonchev–Trinajstić information content (AvgIpc) is 3.04. The van der Waals surface area contributed by atoms with Gasteiger partial charge in [0, 0.05) is 22.4 Å². The first-order valence-electron chi connectivity index (χ1n) is 6.53. The Bertz CT molecular complexity index is 634. The lowest BCUT2D eigenvalue weighted by atomic mass is 10.3. The monoisotopic (exact) mass is 323 g/mol. The molecular formula is C14H17N3O2S2. The van der Waals surface area contributed by atoms with Crippen LogP contribution in [-0.2, 0) is 16.1 Å². The largest absolute Gasteiger partial charge is 0.465 e. The predicted molar refractivity (Wildman–Crippen MR) is 85.6 cm³/mol. The number of aromatic nitrogens is 3. The molecule has 0 aliphatic rings. The van der Waals surface area contributed by atoms with E-state index in [0.717, 1.165) is 11.4 Å². The van der Waals surface area contributed by atoms with Crippen molar-refractivity contribution in [2.24, 2.45) is 0 Å². The van der Waals surface area contributed by atoms with Gasteiger partial charge in [-0.1, -0.05) is 17.8 Å². The van der Waals surface area contributed by atoms with Gasteiger partial charge in [-0.2, -0.15) is 0 Å². The van der Waals surface area contributed by atoms with Crippen LogP contribution in [0.2, 0.25) is 0 Å². The van der Waals surface area contributed by atoms with Crippen LogP contribution in [0.5, 0.6) is 0 Å². The first-order valence-corrected chi connectivity index (χ1v) is 8.40. The van der Waals surface area contributed by atoms with Crippen LogP contribution in [0.4, 0.5) is 0 Å². The zero-order chi connectivity index (χ0) is 15.2. The maximum atomic E-state index is 11.4. The third-order valence-corrected chi connectivity index (χ3v) is 4.44. The fourth-order valence-electron chi connectivity index (χ4n) is 1.79. The van der Waals surface area contributed by atoms with Crippen LogP contribution in [0.15, 0.2) is 29.3 Å². The lowest BCUT2D eigenvalue weighted by Gasteiger charge is -2.06. The summed E-state index contributed by atoms with van der Waals surface area (Å²) in [5.41, 5.74) is 1.04. The van der Waals surface area contributed by atoms with E-state index in [-0.39, 0.29) is 11.7 Å². The highest BCUT2D eigenvalue weighted by molar-refractivity contribution is 7.99. The van der Waals surface area contributed by atoms with Crippen LogP contribution in [0.25, 0.3) is 11.4 Å². The number of ether oxygens (including phenoxy) is 1. The summed E-state index contributed by atoms with van der Waals surface area (Å²) in [5.74, 6) is 0.778. The van der Waals surface area contributed by atoms with Crippen LogP contribution in [-0.4, -0.2) is 33.1 Å². The summed E-state index contributed by atoms with van der Waals surface area (Å²) in [4.78, 5) is 12.7. The quantitative estimate of drug-likeness (QED) is 0.445. The van der Waals surface area contributed by atoms with Gasteiger partial charge < -0.3 is 4.74 Å². The maximum Gasteiger partial charge on any atom is 0.316 e. The molecule has 0 aromatic carbocycles. The number of thioether (sulfide) groups is 1. The summed E-state index contributed by atoms with van der Waals surface area (Å²) >= 11 is 3.00. The minimum atomic E-state index is -0.247. The van der Waals surface area contributed by atoms with Gasteiger partial charge in [-0.15, -0.1) is 28.1 Å². The SMILES string of the molecule is C=CCn1c(SCC(=O)OCC)nnc1-c1csc(C)c1. The van der Waals surface area contributed by atoms with Crippen LogP contribution >= 0.6 is 23.1 Å². The minimum absolute atomic E-state index is 0.228. The number of aryl methyl sites for hydroxylation is 1. The average molecular weight is 323 g/mol. The highest BCUT2D eigenvalue weighted by Gasteiger charge is 2.15. The third-order valence-electron chi connectivity index (χ3n) is 2.64. The molecule has 0 saturated carbocycles. The Morgan fingerprint density at radius 3 is 3.00 bits per heavy atom. The summed E-state index contributed by atoms with van der Waals surface area (Å²) < 4.78 is 6.88. The lowest BCUT2D eigenvalue weighted by Crippen LogP contribution is -2.08. The van der Waals surface area contributed by atoms with E-state index in [1.807, 2.05) is 4.57 Å². The Morgan fingerprint density at radius 2 is 2.38 bits per heavy atom. The fourth-order valence-corrected chi connectivity index (χ4v) is 3.22. The zero-order valence-corrected chi connectivity index (χ0v) is 13.7. The molecule has 0 amide bonds. The molecule has 2 aromatic rings. The van der Waals surface area contributed by atoms with Gasteiger partial charge in [0.05, 0.1) is 12.4 Å². The molecule has 0 radical (unpaired) electrons. The lowest BCUT2D eigenvalue weighted by molar-refractivity contribution is -0.139. The Morgan fingerprint density at radius 1 is 1.57 bits per heavy atom. The summed E-state index contributed by atoms with van der Waals surface area (Å²) in [6.07, 6.45) is 1.79. The molecular weight excluding hydrogens is 306 g/mol. The molecule has 112 valence electrons. The molecule has 2 rings (SSSR count). The van der Waals surface area contributed by atoms with E-state index in [1.165, 1.54) is 16.6 Å². The summed E-state index contributed by atoms with van der Waals surface area (Å²) in [5, 5.41) is 11.2. The molecule has 0 aliphatic carbocycles. The molecule has 2 aromatic heterocycles. The van der Waals surface area contributed by atoms with Gasteiger partial charge in [-0.25, -0.2) is 0 Å². The van der Waals surface area contributed by atoms with Gasteiger partial charge in [0.15, 0.2) is 11.0 Å². The molecule has 5 nitrogen and oxygen atoms in total. The molecule has 21 heavy (non-hydrogen) atoms.